The second kappa shape index (κ2) is 5.52. The number of hydrogen-bond acceptors (Lipinski definition) is 4. The van der Waals surface area contributed by atoms with Gasteiger partial charge in [0, 0.05) is 24.3 Å². The van der Waals surface area contributed by atoms with Gasteiger partial charge < -0.3 is 0 Å². The minimum Gasteiger partial charge on any atom is -0.271 e. The summed E-state index contributed by atoms with van der Waals surface area (Å²) in [5.74, 6) is 5.61. The van der Waals surface area contributed by atoms with Gasteiger partial charge in [-0.25, -0.2) is 0 Å². The van der Waals surface area contributed by atoms with Crippen LogP contribution in [0.3, 0.4) is 0 Å². The molecule has 0 aromatic carbocycles. The highest BCUT2D eigenvalue weighted by Gasteiger charge is 2.10. The molecule has 0 aliphatic heterocycles. The van der Waals surface area contributed by atoms with Crippen LogP contribution in [0.15, 0.2) is 42.9 Å². The van der Waals surface area contributed by atoms with E-state index in [1.54, 1.807) is 12.4 Å². The zero-order valence-electron chi connectivity index (χ0n) is 9.80. The topological polar surface area (TPSA) is 63.8 Å². The molecule has 0 aliphatic rings. The van der Waals surface area contributed by atoms with Crippen molar-refractivity contribution in [3.8, 4) is 0 Å². The normalized spacial score (nSPS) is 12.4. The molecule has 0 saturated carbocycles. The van der Waals surface area contributed by atoms with Crippen LogP contribution in [-0.2, 0) is 6.42 Å². The van der Waals surface area contributed by atoms with Gasteiger partial charge in [-0.2, -0.15) is 0 Å². The maximum Gasteiger partial charge on any atom is 0.0502 e. The molecule has 2 aromatic heterocycles. The Morgan fingerprint density at radius 3 is 2.88 bits per heavy atom. The fourth-order valence-corrected chi connectivity index (χ4v) is 1.81. The van der Waals surface area contributed by atoms with Crippen LogP contribution < -0.4 is 11.3 Å². The minimum absolute atomic E-state index is 0.0842. The molecule has 0 saturated heterocycles. The maximum atomic E-state index is 5.61. The third-order valence-corrected chi connectivity index (χ3v) is 2.69. The molecule has 1 unspecified atom stereocenters. The first-order chi connectivity index (χ1) is 8.29. The van der Waals surface area contributed by atoms with Crippen molar-refractivity contribution in [1.29, 1.82) is 0 Å². The summed E-state index contributed by atoms with van der Waals surface area (Å²) in [5, 5.41) is 0. The number of aryl methyl sites for hydroxylation is 1. The summed E-state index contributed by atoms with van der Waals surface area (Å²) < 4.78 is 0. The van der Waals surface area contributed by atoms with Gasteiger partial charge >= 0.3 is 0 Å². The number of hydrazine groups is 1. The van der Waals surface area contributed by atoms with E-state index < -0.39 is 0 Å². The Morgan fingerprint density at radius 2 is 2.24 bits per heavy atom. The fourth-order valence-electron chi connectivity index (χ4n) is 1.81. The van der Waals surface area contributed by atoms with E-state index in [-0.39, 0.29) is 6.04 Å². The van der Waals surface area contributed by atoms with E-state index in [1.165, 1.54) is 0 Å². The van der Waals surface area contributed by atoms with Gasteiger partial charge in [-0.15, -0.1) is 0 Å². The molecule has 4 heteroatoms. The lowest BCUT2D eigenvalue weighted by Crippen LogP contribution is -2.29. The molecular weight excluding hydrogens is 212 g/mol. The summed E-state index contributed by atoms with van der Waals surface area (Å²) in [7, 11) is 0. The van der Waals surface area contributed by atoms with Crippen LogP contribution in [0.5, 0.6) is 0 Å². The predicted molar refractivity (Wildman–Crippen MR) is 67.0 cm³/mol. The van der Waals surface area contributed by atoms with E-state index in [9.17, 15) is 0 Å². The van der Waals surface area contributed by atoms with Crippen LogP contribution in [0.1, 0.15) is 22.9 Å². The van der Waals surface area contributed by atoms with Crippen LogP contribution in [0, 0.1) is 6.92 Å². The Morgan fingerprint density at radius 1 is 1.35 bits per heavy atom. The smallest absolute Gasteiger partial charge is 0.0502 e. The Kier molecular flexibility index (Phi) is 3.80. The van der Waals surface area contributed by atoms with Crippen molar-refractivity contribution in [3.05, 3.63) is 59.7 Å². The first kappa shape index (κ1) is 11.7. The summed E-state index contributed by atoms with van der Waals surface area (Å²) in [6.07, 6.45) is 6.25. The van der Waals surface area contributed by atoms with Crippen molar-refractivity contribution in [2.45, 2.75) is 19.4 Å². The molecule has 0 amide bonds. The van der Waals surface area contributed by atoms with Crippen LogP contribution in [-0.4, -0.2) is 9.97 Å². The van der Waals surface area contributed by atoms with Gasteiger partial charge in [0.25, 0.3) is 0 Å². The number of nitrogens with zero attached hydrogens (tertiary/aromatic N) is 2. The number of pyridine rings is 2. The van der Waals surface area contributed by atoms with Gasteiger partial charge in [-0.05, 0) is 42.7 Å². The van der Waals surface area contributed by atoms with Gasteiger partial charge in [-0.1, -0.05) is 6.07 Å². The van der Waals surface area contributed by atoms with Crippen LogP contribution in [0.25, 0.3) is 0 Å². The monoisotopic (exact) mass is 228 g/mol. The molecule has 2 heterocycles. The third kappa shape index (κ3) is 3.09. The Bertz CT molecular complexity index is 470. The Hall–Kier alpha value is -1.78. The SMILES string of the molecule is Cc1cc(C(Cc2cccnc2)NN)ccn1. The molecule has 4 nitrogen and oxygen atoms in total. The quantitative estimate of drug-likeness (QED) is 0.615. The molecule has 0 fully saturated rings. The highest BCUT2D eigenvalue weighted by molar-refractivity contribution is 5.22. The lowest BCUT2D eigenvalue weighted by atomic mass is 10.0. The molecule has 2 aromatic rings. The second-order valence-electron chi connectivity index (χ2n) is 4.02. The average molecular weight is 228 g/mol. The Balaban J connectivity index is 2.17. The molecule has 88 valence electrons. The molecule has 3 N–H and O–H groups in total. The van der Waals surface area contributed by atoms with E-state index in [0.29, 0.717) is 0 Å². The van der Waals surface area contributed by atoms with Crippen LogP contribution in [0.4, 0.5) is 0 Å². The van der Waals surface area contributed by atoms with E-state index in [1.807, 2.05) is 37.4 Å². The van der Waals surface area contributed by atoms with Gasteiger partial charge in [0.2, 0.25) is 0 Å². The van der Waals surface area contributed by atoms with Crippen molar-refractivity contribution >= 4 is 0 Å². The Labute approximate surface area is 101 Å². The number of hydrogen-bond donors (Lipinski definition) is 2. The van der Waals surface area contributed by atoms with E-state index in [0.717, 1.165) is 23.2 Å². The summed E-state index contributed by atoms with van der Waals surface area (Å²) in [6, 6.07) is 8.09. The number of rotatable bonds is 4. The molecular formula is C13H16N4. The van der Waals surface area contributed by atoms with Crippen molar-refractivity contribution in [1.82, 2.24) is 15.4 Å². The average Bonchev–Trinajstić information content (AvgIpc) is 2.37. The van der Waals surface area contributed by atoms with Crippen molar-refractivity contribution in [2.75, 3.05) is 0 Å². The molecule has 0 spiro atoms. The van der Waals surface area contributed by atoms with E-state index in [4.69, 9.17) is 5.84 Å². The second-order valence-corrected chi connectivity index (χ2v) is 4.02. The van der Waals surface area contributed by atoms with E-state index >= 15 is 0 Å². The third-order valence-electron chi connectivity index (χ3n) is 2.69. The van der Waals surface area contributed by atoms with Crippen molar-refractivity contribution < 1.29 is 0 Å². The summed E-state index contributed by atoms with van der Waals surface area (Å²) in [6.45, 7) is 1.97. The first-order valence-electron chi connectivity index (χ1n) is 5.57. The summed E-state index contributed by atoms with van der Waals surface area (Å²) in [4.78, 5) is 8.28. The van der Waals surface area contributed by atoms with E-state index in [2.05, 4.69) is 15.4 Å². The molecule has 2 rings (SSSR count). The number of nitrogens with one attached hydrogen (secondary N) is 1. The van der Waals surface area contributed by atoms with Crippen molar-refractivity contribution in [2.24, 2.45) is 5.84 Å². The summed E-state index contributed by atoms with van der Waals surface area (Å²) in [5.41, 5.74) is 6.13. The lowest BCUT2D eigenvalue weighted by Gasteiger charge is -2.16. The standard InChI is InChI=1S/C13H16N4/c1-10-7-12(4-6-16-10)13(17-14)8-11-3-2-5-15-9-11/h2-7,9,13,17H,8,14H2,1H3. The minimum atomic E-state index is 0.0842. The number of aromatic nitrogens is 2. The lowest BCUT2D eigenvalue weighted by molar-refractivity contribution is 0.550. The zero-order valence-corrected chi connectivity index (χ0v) is 9.80. The predicted octanol–water partition coefficient (Wildman–Crippen LogP) is 1.53. The highest BCUT2D eigenvalue weighted by Crippen LogP contribution is 2.17. The van der Waals surface area contributed by atoms with Gasteiger partial charge in [-0.3, -0.25) is 21.2 Å². The molecule has 0 radical (unpaired) electrons. The van der Waals surface area contributed by atoms with Gasteiger partial charge in [0.15, 0.2) is 0 Å². The fraction of sp³-hybridized carbons (Fsp3) is 0.231. The molecule has 0 bridgehead atoms. The molecule has 1 atom stereocenters. The van der Waals surface area contributed by atoms with Crippen molar-refractivity contribution in [3.63, 3.8) is 0 Å². The molecule has 17 heavy (non-hydrogen) atoms. The number of nitrogens with two attached hydrogens (primary N) is 1. The molecule has 0 aliphatic carbocycles. The zero-order chi connectivity index (χ0) is 12.1. The summed E-state index contributed by atoms with van der Waals surface area (Å²) >= 11 is 0. The highest BCUT2D eigenvalue weighted by atomic mass is 15.2. The maximum absolute atomic E-state index is 5.61. The first-order valence-corrected chi connectivity index (χ1v) is 5.57. The van der Waals surface area contributed by atoms with Crippen LogP contribution >= 0.6 is 0 Å². The van der Waals surface area contributed by atoms with Gasteiger partial charge in [0.05, 0.1) is 6.04 Å². The largest absolute Gasteiger partial charge is 0.271 e. The van der Waals surface area contributed by atoms with Crippen LogP contribution in [0.2, 0.25) is 0 Å². The van der Waals surface area contributed by atoms with Gasteiger partial charge in [0.1, 0.15) is 0 Å².